The minimum absolute atomic E-state index is 0.0747. The molecule has 5 rings (SSSR count). The summed E-state index contributed by atoms with van der Waals surface area (Å²) >= 11 is 12.5. The molecule has 2 aliphatic rings. The molecule has 2 aliphatic heterocycles. The third kappa shape index (κ3) is 6.03. The number of aromatic nitrogens is 1. The number of anilines is 1. The van der Waals surface area contributed by atoms with Crippen LogP contribution in [-0.4, -0.2) is 65.9 Å². The number of carbonyl (C=O) groups excluding carboxylic acids is 2. The Balaban J connectivity index is 1.18. The minimum atomic E-state index is -0.0908. The van der Waals surface area contributed by atoms with Crippen LogP contribution in [0.1, 0.15) is 50.5 Å². The number of aromatic amines is 1. The van der Waals surface area contributed by atoms with Crippen LogP contribution in [0.25, 0.3) is 10.9 Å². The molecule has 1 aromatic heterocycles. The van der Waals surface area contributed by atoms with Crippen LogP contribution in [0.15, 0.2) is 48.7 Å². The van der Waals surface area contributed by atoms with Gasteiger partial charge in [0.15, 0.2) is 0 Å². The molecule has 0 saturated carbocycles. The summed E-state index contributed by atoms with van der Waals surface area (Å²) < 4.78 is 0. The average Bonchev–Trinajstić information content (AvgIpc) is 3.37. The highest BCUT2D eigenvalue weighted by Crippen LogP contribution is 2.33. The van der Waals surface area contributed by atoms with Crippen molar-refractivity contribution >= 4 is 51.6 Å². The number of fused-ring (bicyclic) bond motifs is 1. The van der Waals surface area contributed by atoms with E-state index in [0.717, 1.165) is 44.6 Å². The second-order valence-electron chi connectivity index (χ2n) is 10.6. The van der Waals surface area contributed by atoms with E-state index in [2.05, 4.69) is 40.3 Å². The van der Waals surface area contributed by atoms with E-state index in [1.807, 2.05) is 15.9 Å². The predicted molar refractivity (Wildman–Crippen MR) is 155 cm³/mol. The number of para-hydroxylation sites is 1. The molecule has 3 aromatic rings. The summed E-state index contributed by atoms with van der Waals surface area (Å²) in [4.78, 5) is 35.1. The van der Waals surface area contributed by atoms with Gasteiger partial charge in [-0.1, -0.05) is 41.4 Å². The van der Waals surface area contributed by atoms with Crippen LogP contribution in [0, 0.1) is 5.92 Å². The molecule has 202 valence electrons. The van der Waals surface area contributed by atoms with Gasteiger partial charge in [0, 0.05) is 55.3 Å². The Kier molecular flexibility index (Phi) is 8.61. The number of nitrogens with zero attached hydrogens (tertiary/aromatic N) is 3. The van der Waals surface area contributed by atoms with E-state index >= 15 is 0 Å². The number of carbonyl (C=O) groups is 2. The molecular formula is C30H36Cl2N4O2. The largest absolute Gasteiger partial charge is 0.361 e. The highest BCUT2D eigenvalue weighted by atomic mass is 35.5. The molecule has 2 fully saturated rings. The van der Waals surface area contributed by atoms with Crippen LogP contribution in [0.2, 0.25) is 10.0 Å². The van der Waals surface area contributed by atoms with E-state index in [-0.39, 0.29) is 17.7 Å². The molecule has 0 unspecified atom stereocenters. The van der Waals surface area contributed by atoms with Crippen molar-refractivity contribution in [2.45, 2.75) is 44.9 Å². The fraction of sp³-hybridized carbons (Fsp3) is 0.467. The molecule has 38 heavy (non-hydrogen) atoms. The quantitative estimate of drug-likeness (QED) is 0.371. The van der Waals surface area contributed by atoms with Crippen molar-refractivity contribution in [3.63, 3.8) is 0 Å². The van der Waals surface area contributed by atoms with Crippen LogP contribution in [0.5, 0.6) is 0 Å². The number of hydrogen-bond donors (Lipinski definition) is 1. The number of nitrogens with one attached hydrogen (secondary N) is 1. The van der Waals surface area contributed by atoms with E-state index in [9.17, 15) is 9.59 Å². The number of halogens is 2. The van der Waals surface area contributed by atoms with Gasteiger partial charge in [-0.15, -0.1) is 0 Å². The summed E-state index contributed by atoms with van der Waals surface area (Å²) in [5.41, 5.74) is 3.44. The zero-order valence-electron chi connectivity index (χ0n) is 22.0. The summed E-state index contributed by atoms with van der Waals surface area (Å²) in [6, 6.07) is 14.0. The monoisotopic (exact) mass is 554 g/mol. The van der Waals surface area contributed by atoms with E-state index in [0.29, 0.717) is 48.4 Å². The summed E-state index contributed by atoms with van der Waals surface area (Å²) in [6.07, 6.45) is 6.75. The molecule has 0 aliphatic carbocycles. The summed E-state index contributed by atoms with van der Waals surface area (Å²) in [5, 5.41) is 2.28. The highest BCUT2D eigenvalue weighted by Gasteiger charge is 2.30. The Labute approximate surface area is 234 Å². The summed E-state index contributed by atoms with van der Waals surface area (Å²) in [6.45, 7) is 6.56. The van der Waals surface area contributed by atoms with Crippen molar-refractivity contribution in [3.05, 3.63) is 64.3 Å². The first-order chi connectivity index (χ1) is 18.4. The molecule has 2 aromatic carbocycles. The van der Waals surface area contributed by atoms with Gasteiger partial charge < -0.3 is 19.7 Å². The zero-order chi connectivity index (χ0) is 26.6. The van der Waals surface area contributed by atoms with Crippen LogP contribution in [-0.2, 0) is 9.59 Å². The van der Waals surface area contributed by atoms with E-state index < -0.39 is 0 Å². The molecule has 3 heterocycles. The molecule has 8 heteroatoms. The van der Waals surface area contributed by atoms with E-state index in [1.165, 1.54) is 16.5 Å². The van der Waals surface area contributed by atoms with Gasteiger partial charge in [0.25, 0.3) is 0 Å². The Bertz CT molecular complexity index is 1280. The van der Waals surface area contributed by atoms with Crippen molar-refractivity contribution < 1.29 is 9.59 Å². The van der Waals surface area contributed by atoms with Gasteiger partial charge >= 0.3 is 0 Å². The first kappa shape index (κ1) is 27.0. The van der Waals surface area contributed by atoms with E-state index in [1.54, 1.807) is 19.1 Å². The molecule has 0 bridgehead atoms. The molecule has 2 saturated heterocycles. The van der Waals surface area contributed by atoms with Gasteiger partial charge in [-0.25, -0.2) is 0 Å². The number of H-pyrrole nitrogens is 1. The lowest BCUT2D eigenvalue weighted by Gasteiger charge is -2.35. The first-order valence-corrected chi connectivity index (χ1v) is 14.5. The molecule has 1 N–H and O–H groups in total. The fourth-order valence-electron chi connectivity index (χ4n) is 6.03. The van der Waals surface area contributed by atoms with Crippen LogP contribution in [0.4, 0.5) is 5.69 Å². The smallest absolute Gasteiger partial charge is 0.230 e. The zero-order valence-corrected chi connectivity index (χ0v) is 23.5. The van der Waals surface area contributed by atoms with Crippen LogP contribution >= 0.6 is 23.2 Å². The lowest BCUT2D eigenvalue weighted by atomic mass is 9.89. The Morgan fingerprint density at radius 2 is 1.71 bits per heavy atom. The summed E-state index contributed by atoms with van der Waals surface area (Å²) in [5.74, 6) is 0.680. The van der Waals surface area contributed by atoms with Crippen LogP contribution in [0.3, 0.4) is 0 Å². The van der Waals surface area contributed by atoms with Crippen molar-refractivity contribution in [2.24, 2.45) is 5.92 Å². The van der Waals surface area contributed by atoms with Gasteiger partial charge in [0.2, 0.25) is 11.8 Å². The molecule has 6 nitrogen and oxygen atoms in total. The first-order valence-electron chi connectivity index (χ1n) is 13.7. The standard InChI is InChI=1S/C30H36Cl2N4O2/c1-21(37)35-17-11-23(12-18-35)30(38)36(24-7-8-27(31)28(32)19-24)14-4-13-34-15-9-22(10-16-34)26-20-33-29-6-3-2-5-25(26)29/h2-3,5-8,19-20,22-23,33H,4,9-18H2,1H3. The number of benzene rings is 2. The molecule has 0 radical (unpaired) electrons. The number of piperidine rings is 2. The second kappa shape index (κ2) is 12.1. The van der Waals surface area contributed by atoms with Crippen molar-refractivity contribution in [3.8, 4) is 0 Å². The maximum absolute atomic E-state index is 13.7. The maximum Gasteiger partial charge on any atom is 0.230 e. The number of amides is 2. The van der Waals surface area contributed by atoms with E-state index in [4.69, 9.17) is 23.2 Å². The number of likely N-dealkylation sites (tertiary alicyclic amines) is 2. The third-order valence-corrected chi connectivity index (χ3v) is 9.01. The minimum Gasteiger partial charge on any atom is -0.361 e. The molecular weight excluding hydrogens is 519 g/mol. The number of hydrogen-bond acceptors (Lipinski definition) is 3. The Morgan fingerprint density at radius 1 is 0.974 bits per heavy atom. The van der Waals surface area contributed by atoms with Gasteiger partial charge in [-0.3, -0.25) is 9.59 Å². The number of rotatable bonds is 7. The summed E-state index contributed by atoms with van der Waals surface area (Å²) in [7, 11) is 0. The predicted octanol–water partition coefficient (Wildman–Crippen LogP) is 6.34. The van der Waals surface area contributed by atoms with Crippen molar-refractivity contribution in [1.82, 2.24) is 14.8 Å². The Morgan fingerprint density at radius 3 is 2.42 bits per heavy atom. The van der Waals surface area contributed by atoms with Gasteiger partial charge in [0.1, 0.15) is 0 Å². The topological polar surface area (TPSA) is 59.7 Å². The molecule has 0 spiro atoms. The normalized spacial score (nSPS) is 17.7. The Hall–Kier alpha value is -2.54. The SMILES string of the molecule is CC(=O)N1CCC(C(=O)N(CCCN2CCC(c3c[nH]c4ccccc34)CC2)c2ccc(Cl)c(Cl)c2)CC1. The average molecular weight is 556 g/mol. The molecule has 2 amide bonds. The van der Waals surface area contributed by atoms with Crippen LogP contribution < -0.4 is 4.90 Å². The second-order valence-corrected chi connectivity index (χ2v) is 11.4. The third-order valence-electron chi connectivity index (χ3n) is 8.28. The van der Waals surface area contributed by atoms with Gasteiger partial charge in [-0.2, -0.15) is 0 Å². The highest BCUT2D eigenvalue weighted by molar-refractivity contribution is 6.42. The maximum atomic E-state index is 13.7. The molecule has 0 atom stereocenters. The van der Waals surface area contributed by atoms with Crippen molar-refractivity contribution in [2.75, 3.05) is 44.2 Å². The lowest BCUT2D eigenvalue weighted by Crippen LogP contribution is -2.45. The van der Waals surface area contributed by atoms with Crippen molar-refractivity contribution in [1.29, 1.82) is 0 Å². The van der Waals surface area contributed by atoms with Gasteiger partial charge in [0.05, 0.1) is 10.0 Å². The fourth-order valence-corrected chi connectivity index (χ4v) is 6.33. The van der Waals surface area contributed by atoms with Gasteiger partial charge in [-0.05, 0) is 87.5 Å². The lowest BCUT2D eigenvalue weighted by molar-refractivity contribution is -0.133.